The number of hydrogen-bond donors (Lipinski definition) is 1. The molecule has 0 aromatic heterocycles. The van der Waals surface area contributed by atoms with Gasteiger partial charge >= 0.3 is 0 Å². The fourth-order valence-electron chi connectivity index (χ4n) is 3.94. The summed E-state index contributed by atoms with van der Waals surface area (Å²) in [6.45, 7) is 9.03. The Morgan fingerprint density at radius 1 is 1.33 bits per heavy atom. The molecule has 0 amide bonds. The van der Waals surface area contributed by atoms with E-state index in [1.54, 1.807) is 0 Å². The fraction of sp³-hybridized carbons (Fsp3) is 0.650. The maximum absolute atomic E-state index is 11.7. The van der Waals surface area contributed by atoms with Crippen LogP contribution in [-0.4, -0.2) is 56.5 Å². The third-order valence-corrected chi connectivity index (χ3v) is 7.32. The van der Waals surface area contributed by atoms with Crippen molar-refractivity contribution in [2.75, 3.05) is 31.1 Å². The Bertz CT molecular complexity index is 752. The molecule has 2 heterocycles. The molecule has 2 aliphatic rings. The van der Waals surface area contributed by atoms with Gasteiger partial charge in [0.25, 0.3) is 0 Å². The second-order valence-electron chi connectivity index (χ2n) is 8.33. The van der Waals surface area contributed by atoms with E-state index in [0.29, 0.717) is 18.3 Å². The van der Waals surface area contributed by atoms with Crippen LogP contribution >= 0.6 is 24.0 Å². The summed E-state index contributed by atoms with van der Waals surface area (Å²) >= 11 is 0. The predicted octanol–water partition coefficient (Wildman–Crippen LogP) is 3.06. The van der Waals surface area contributed by atoms with Crippen LogP contribution in [0.15, 0.2) is 35.3 Å². The van der Waals surface area contributed by atoms with Gasteiger partial charge in [0.05, 0.1) is 11.5 Å². The van der Waals surface area contributed by atoms with Gasteiger partial charge in [-0.25, -0.2) is 8.42 Å². The van der Waals surface area contributed by atoms with Crippen LogP contribution in [0, 0.1) is 5.92 Å². The molecule has 27 heavy (non-hydrogen) atoms. The standard InChI is InChI=1S/C20H31N3O2S.HI/c1-16(2)22-19(21-13-17-9-12-26(24,25)14-17)23-11-10-20(3,15-23)18-7-5-4-6-8-18;/h4-8,16-17H,9-15H2,1-3H3,(H,21,22);1H. The first kappa shape index (κ1) is 22.5. The SMILES string of the molecule is CC(C)NC(=NCC1CCS(=O)(=O)C1)N1CCC(C)(c2ccccc2)C1.I. The van der Waals surface area contributed by atoms with Crippen LogP contribution in [0.5, 0.6) is 0 Å². The molecule has 1 aromatic rings. The summed E-state index contributed by atoms with van der Waals surface area (Å²) in [5.74, 6) is 1.68. The lowest BCUT2D eigenvalue weighted by Gasteiger charge is -2.28. The second-order valence-corrected chi connectivity index (χ2v) is 10.6. The number of sulfone groups is 1. The fourth-order valence-corrected chi connectivity index (χ4v) is 5.79. The number of rotatable bonds is 4. The van der Waals surface area contributed by atoms with Crippen LogP contribution in [-0.2, 0) is 15.3 Å². The molecule has 1 N–H and O–H groups in total. The van der Waals surface area contributed by atoms with Crippen molar-refractivity contribution in [3.05, 3.63) is 35.9 Å². The molecule has 2 fully saturated rings. The summed E-state index contributed by atoms with van der Waals surface area (Å²) in [6.07, 6.45) is 1.83. The molecule has 5 nitrogen and oxygen atoms in total. The van der Waals surface area contributed by atoms with Gasteiger partial charge in [-0.05, 0) is 38.2 Å². The Kier molecular flexibility index (Phi) is 7.58. The zero-order chi connectivity index (χ0) is 18.8. The summed E-state index contributed by atoms with van der Waals surface area (Å²) in [7, 11) is -2.84. The normalized spacial score (nSPS) is 27.6. The summed E-state index contributed by atoms with van der Waals surface area (Å²) in [6, 6.07) is 11.0. The van der Waals surface area contributed by atoms with Gasteiger partial charge in [0.2, 0.25) is 0 Å². The Balaban J connectivity index is 0.00000261. The van der Waals surface area contributed by atoms with E-state index in [4.69, 9.17) is 4.99 Å². The minimum Gasteiger partial charge on any atom is -0.354 e. The molecular formula is C20H32IN3O2S. The number of likely N-dealkylation sites (tertiary alicyclic amines) is 1. The molecule has 0 spiro atoms. The lowest BCUT2D eigenvalue weighted by atomic mass is 9.82. The largest absolute Gasteiger partial charge is 0.354 e. The maximum atomic E-state index is 11.7. The smallest absolute Gasteiger partial charge is 0.194 e. The molecule has 0 saturated carbocycles. The number of nitrogens with one attached hydrogen (secondary N) is 1. The van der Waals surface area contributed by atoms with E-state index in [0.717, 1.165) is 31.9 Å². The molecule has 7 heteroatoms. The van der Waals surface area contributed by atoms with Crippen LogP contribution < -0.4 is 5.32 Å². The van der Waals surface area contributed by atoms with Crippen LogP contribution in [0.25, 0.3) is 0 Å². The second kappa shape index (κ2) is 9.11. The Hall–Kier alpha value is -0.830. The third-order valence-electron chi connectivity index (χ3n) is 5.49. The summed E-state index contributed by atoms with van der Waals surface area (Å²) in [5.41, 5.74) is 1.49. The molecule has 2 aliphatic heterocycles. The monoisotopic (exact) mass is 505 g/mol. The minimum absolute atomic E-state index is 0. The van der Waals surface area contributed by atoms with Gasteiger partial charge in [0, 0.05) is 31.1 Å². The van der Waals surface area contributed by atoms with Gasteiger partial charge in [0.1, 0.15) is 0 Å². The lowest BCUT2D eigenvalue weighted by Crippen LogP contribution is -2.44. The number of aliphatic imine (C=N–C) groups is 1. The quantitative estimate of drug-likeness (QED) is 0.388. The Morgan fingerprint density at radius 3 is 2.63 bits per heavy atom. The summed E-state index contributed by atoms with van der Waals surface area (Å²) in [5, 5.41) is 3.48. The Morgan fingerprint density at radius 2 is 2.04 bits per heavy atom. The van der Waals surface area contributed by atoms with Crippen molar-refractivity contribution in [1.82, 2.24) is 10.2 Å². The van der Waals surface area contributed by atoms with Crippen molar-refractivity contribution in [3.8, 4) is 0 Å². The maximum Gasteiger partial charge on any atom is 0.194 e. The average Bonchev–Trinajstić information content (AvgIpc) is 3.15. The van der Waals surface area contributed by atoms with E-state index in [9.17, 15) is 8.42 Å². The van der Waals surface area contributed by atoms with Crippen LogP contribution in [0.1, 0.15) is 39.2 Å². The van der Waals surface area contributed by atoms with Gasteiger partial charge in [-0.2, -0.15) is 0 Å². The van der Waals surface area contributed by atoms with Gasteiger partial charge in [-0.1, -0.05) is 37.3 Å². The van der Waals surface area contributed by atoms with E-state index in [2.05, 4.69) is 61.3 Å². The molecule has 2 unspecified atom stereocenters. The molecule has 0 radical (unpaired) electrons. The van der Waals surface area contributed by atoms with Crippen LogP contribution in [0.4, 0.5) is 0 Å². The van der Waals surface area contributed by atoms with Gasteiger partial charge < -0.3 is 10.2 Å². The lowest BCUT2D eigenvalue weighted by molar-refractivity contribution is 0.431. The number of nitrogens with zero attached hydrogens (tertiary/aromatic N) is 2. The molecule has 2 saturated heterocycles. The zero-order valence-corrected chi connectivity index (χ0v) is 19.7. The van der Waals surface area contributed by atoms with Crippen molar-refractivity contribution in [2.24, 2.45) is 10.9 Å². The zero-order valence-electron chi connectivity index (χ0n) is 16.5. The third kappa shape index (κ3) is 5.82. The minimum atomic E-state index is -2.84. The molecule has 0 aliphatic carbocycles. The average molecular weight is 505 g/mol. The van der Waals surface area contributed by atoms with Crippen LogP contribution in [0.3, 0.4) is 0 Å². The predicted molar refractivity (Wildman–Crippen MR) is 123 cm³/mol. The summed E-state index contributed by atoms with van der Waals surface area (Å²) < 4.78 is 23.4. The highest BCUT2D eigenvalue weighted by Gasteiger charge is 2.37. The highest BCUT2D eigenvalue weighted by atomic mass is 127. The van der Waals surface area contributed by atoms with E-state index in [1.807, 2.05) is 0 Å². The van der Waals surface area contributed by atoms with Crippen molar-refractivity contribution in [3.63, 3.8) is 0 Å². The van der Waals surface area contributed by atoms with E-state index in [-0.39, 0.29) is 41.1 Å². The van der Waals surface area contributed by atoms with Crippen LogP contribution in [0.2, 0.25) is 0 Å². The van der Waals surface area contributed by atoms with E-state index in [1.165, 1.54) is 5.56 Å². The molecule has 2 atom stereocenters. The number of benzene rings is 1. The van der Waals surface area contributed by atoms with Crippen molar-refractivity contribution in [2.45, 2.75) is 45.1 Å². The highest BCUT2D eigenvalue weighted by Crippen LogP contribution is 2.34. The van der Waals surface area contributed by atoms with E-state index < -0.39 is 9.84 Å². The van der Waals surface area contributed by atoms with Crippen molar-refractivity contribution >= 4 is 39.8 Å². The van der Waals surface area contributed by atoms with Crippen molar-refractivity contribution < 1.29 is 8.42 Å². The first-order chi connectivity index (χ1) is 12.3. The first-order valence-electron chi connectivity index (χ1n) is 9.59. The summed E-state index contributed by atoms with van der Waals surface area (Å²) in [4.78, 5) is 7.15. The Labute approximate surface area is 181 Å². The number of guanidine groups is 1. The molecular weight excluding hydrogens is 473 g/mol. The van der Waals surface area contributed by atoms with E-state index >= 15 is 0 Å². The molecule has 3 rings (SSSR count). The molecule has 1 aromatic carbocycles. The topological polar surface area (TPSA) is 61.8 Å². The van der Waals surface area contributed by atoms with Gasteiger partial charge in [0.15, 0.2) is 15.8 Å². The number of halogens is 1. The number of hydrogen-bond acceptors (Lipinski definition) is 3. The van der Waals surface area contributed by atoms with Crippen molar-refractivity contribution in [1.29, 1.82) is 0 Å². The molecule has 152 valence electrons. The van der Waals surface area contributed by atoms with Gasteiger partial charge in [-0.3, -0.25) is 4.99 Å². The molecule has 0 bridgehead atoms. The highest BCUT2D eigenvalue weighted by molar-refractivity contribution is 14.0. The van der Waals surface area contributed by atoms with Gasteiger partial charge in [-0.15, -0.1) is 24.0 Å². The first-order valence-corrected chi connectivity index (χ1v) is 11.4.